The molecule has 114 valence electrons. The van der Waals surface area contributed by atoms with Crippen LogP contribution in [0.25, 0.3) is 11.0 Å². The third-order valence-corrected chi connectivity index (χ3v) is 4.63. The third kappa shape index (κ3) is 3.05. The van der Waals surface area contributed by atoms with Crippen LogP contribution in [0.15, 0.2) is 18.2 Å². The molecule has 0 N–H and O–H groups in total. The Hall–Kier alpha value is -0.770. The van der Waals surface area contributed by atoms with Gasteiger partial charge in [0.2, 0.25) is 0 Å². The van der Waals surface area contributed by atoms with Crippen LogP contribution in [0, 0.1) is 0 Å². The molecule has 2 aromatic rings. The maximum atomic E-state index is 6.35. The molecule has 1 aliphatic rings. The van der Waals surface area contributed by atoms with Crippen molar-refractivity contribution in [1.82, 2.24) is 14.5 Å². The first-order valence-electron chi connectivity index (χ1n) is 7.60. The van der Waals surface area contributed by atoms with Gasteiger partial charge in [-0.1, -0.05) is 11.6 Å². The molecule has 1 aromatic heterocycles. The van der Waals surface area contributed by atoms with Gasteiger partial charge >= 0.3 is 0 Å². The summed E-state index contributed by atoms with van der Waals surface area (Å²) in [6.07, 6.45) is 2.62. The Morgan fingerprint density at radius 3 is 2.62 bits per heavy atom. The van der Waals surface area contributed by atoms with E-state index in [0.29, 0.717) is 6.04 Å². The Labute approximate surface area is 135 Å². The quantitative estimate of drug-likeness (QED) is 0.763. The number of aromatic nitrogens is 2. The lowest BCUT2D eigenvalue weighted by Gasteiger charge is -2.24. The molecule has 3 nitrogen and oxygen atoms in total. The molecule has 0 spiro atoms. The first-order valence-corrected chi connectivity index (χ1v) is 8.41. The van der Waals surface area contributed by atoms with E-state index in [-0.39, 0.29) is 5.38 Å². The Balaban J connectivity index is 2.00. The summed E-state index contributed by atoms with van der Waals surface area (Å²) in [5, 5.41) is 0.628. The fraction of sp³-hybridized carbons (Fsp3) is 0.562. The highest BCUT2D eigenvalue weighted by Gasteiger charge is 2.22. The first kappa shape index (κ1) is 15.1. The van der Waals surface area contributed by atoms with Gasteiger partial charge < -0.3 is 9.47 Å². The maximum absolute atomic E-state index is 6.35. The number of nitrogens with zero attached hydrogens (tertiary/aromatic N) is 3. The Morgan fingerprint density at radius 2 is 1.95 bits per heavy atom. The minimum atomic E-state index is -0.114. The van der Waals surface area contributed by atoms with Gasteiger partial charge in [0.1, 0.15) is 5.82 Å². The first-order chi connectivity index (χ1) is 10.1. The van der Waals surface area contributed by atoms with Crippen LogP contribution in [0.3, 0.4) is 0 Å². The van der Waals surface area contributed by atoms with E-state index in [1.54, 1.807) is 0 Å². The van der Waals surface area contributed by atoms with Crippen molar-refractivity contribution in [2.45, 2.75) is 38.1 Å². The number of alkyl halides is 1. The highest BCUT2D eigenvalue weighted by Crippen LogP contribution is 2.30. The highest BCUT2D eigenvalue weighted by molar-refractivity contribution is 6.31. The van der Waals surface area contributed by atoms with E-state index in [1.165, 1.54) is 25.9 Å². The van der Waals surface area contributed by atoms with Crippen molar-refractivity contribution in [3.05, 3.63) is 29.0 Å². The van der Waals surface area contributed by atoms with Crippen LogP contribution in [0.5, 0.6) is 0 Å². The molecule has 2 unspecified atom stereocenters. The molecule has 1 aromatic carbocycles. The number of hydrogen-bond donors (Lipinski definition) is 0. The van der Waals surface area contributed by atoms with Crippen LogP contribution in [-0.2, 0) is 0 Å². The van der Waals surface area contributed by atoms with Crippen molar-refractivity contribution in [3.63, 3.8) is 0 Å². The van der Waals surface area contributed by atoms with E-state index in [1.807, 2.05) is 25.1 Å². The van der Waals surface area contributed by atoms with Crippen LogP contribution in [-0.4, -0.2) is 34.1 Å². The van der Waals surface area contributed by atoms with Crippen molar-refractivity contribution in [3.8, 4) is 0 Å². The average molecular weight is 326 g/mol. The Bertz CT molecular complexity index is 630. The van der Waals surface area contributed by atoms with E-state index in [2.05, 4.69) is 16.4 Å². The molecule has 0 radical (unpaired) electrons. The summed E-state index contributed by atoms with van der Waals surface area (Å²) in [5.41, 5.74) is 2.05. The summed E-state index contributed by atoms with van der Waals surface area (Å²) in [6, 6.07) is 6.18. The van der Waals surface area contributed by atoms with E-state index in [0.717, 1.165) is 28.4 Å². The van der Waals surface area contributed by atoms with Gasteiger partial charge in [-0.25, -0.2) is 4.98 Å². The fourth-order valence-corrected chi connectivity index (χ4v) is 3.57. The standard InChI is InChI=1S/C16H21Cl2N3/c1-11(10-20-7-3-4-8-20)21-15-9-13(18)5-6-14(15)19-16(21)12(2)17/h5-6,9,11-12H,3-4,7-8,10H2,1-2H3. The molecule has 0 saturated carbocycles. The van der Waals surface area contributed by atoms with Gasteiger partial charge in [0, 0.05) is 17.6 Å². The molecule has 0 bridgehead atoms. The molecule has 1 fully saturated rings. The smallest absolute Gasteiger partial charge is 0.128 e. The van der Waals surface area contributed by atoms with Gasteiger partial charge in [0.05, 0.1) is 16.4 Å². The molecule has 0 amide bonds. The number of halogens is 2. The molecule has 0 aliphatic carbocycles. The molecule has 2 heterocycles. The monoisotopic (exact) mass is 325 g/mol. The largest absolute Gasteiger partial charge is 0.323 e. The van der Waals surface area contributed by atoms with Gasteiger partial charge in [-0.15, -0.1) is 11.6 Å². The Morgan fingerprint density at radius 1 is 1.24 bits per heavy atom. The molecule has 1 saturated heterocycles. The van der Waals surface area contributed by atoms with Crippen molar-refractivity contribution in [1.29, 1.82) is 0 Å². The zero-order valence-corrected chi connectivity index (χ0v) is 14.0. The van der Waals surface area contributed by atoms with Crippen LogP contribution in [0.2, 0.25) is 5.02 Å². The highest BCUT2D eigenvalue weighted by atomic mass is 35.5. The van der Waals surface area contributed by atoms with E-state index < -0.39 is 0 Å². The number of fused-ring (bicyclic) bond motifs is 1. The normalized spacial score (nSPS) is 19.2. The van der Waals surface area contributed by atoms with Gasteiger partial charge in [-0.05, 0) is 58.0 Å². The summed E-state index contributed by atoms with van der Waals surface area (Å²) in [4.78, 5) is 7.22. The number of rotatable bonds is 4. The van der Waals surface area contributed by atoms with E-state index in [9.17, 15) is 0 Å². The van der Waals surface area contributed by atoms with Crippen LogP contribution in [0.1, 0.15) is 43.9 Å². The van der Waals surface area contributed by atoms with Crippen molar-refractivity contribution >= 4 is 34.2 Å². The summed E-state index contributed by atoms with van der Waals surface area (Å²) >= 11 is 12.5. The maximum Gasteiger partial charge on any atom is 0.128 e. The van der Waals surface area contributed by atoms with Crippen LogP contribution in [0.4, 0.5) is 0 Å². The lowest BCUT2D eigenvalue weighted by molar-refractivity contribution is 0.287. The number of likely N-dealkylation sites (tertiary alicyclic amines) is 1. The number of benzene rings is 1. The summed E-state index contributed by atoms with van der Waals surface area (Å²) in [7, 11) is 0. The van der Waals surface area contributed by atoms with Crippen LogP contribution < -0.4 is 0 Å². The predicted molar refractivity (Wildman–Crippen MR) is 89.4 cm³/mol. The molecule has 1 aliphatic heterocycles. The second kappa shape index (κ2) is 6.15. The molecule has 2 atom stereocenters. The summed E-state index contributed by atoms with van der Waals surface area (Å²) in [5.74, 6) is 0.931. The topological polar surface area (TPSA) is 21.1 Å². The summed E-state index contributed by atoms with van der Waals surface area (Å²) in [6.45, 7) is 7.65. The van der Waals surface area contributed by atoms with Crippen molar-refractivity contribution < 1.29 is 0 Å². The summed E-state index contributed by atoms with van der Waals surface area (Å²) < 4.78 is 2.26. The van der Waals surface area contributed by atoms with Gasteiger partial charge in [-0.2, -0.15) is 0 Å². The zero-order valence-electron chi connectivity index (χ0n) is 12.5. The lowest BCUT2D eigenvalue weighted by atomic mass is 10.2. The Kier molecular flexibility index (Phi) is 4.43. The van der Waals surface area contributed by atoms with Crippen molar-refractivity contribution in [2.24, 2.45) is 0 Å². The second-order valence-corrected chi connectivity index (χ2v) is 7.04. The minimum Gasteiger partial charge on any atom is -0.323 e. The minimum absolute atomic E-state index is 0.114. The predicted octanol–water partition coefficient (Wildman–Crippen LogP) is 4.65. The fourth-order valence-electron chi connectivity index (χ4n) is 3.25. The SMILES string of the molecule is CC(Cl)c1nc2ccc(Cl)cc2n1C(C)CN1CCCC1. The van der Waals surface area contributed by atoms with E-state index >= 15 is 0 Å². The molecular formula is C16H21Cl2N3. The third-order valence-electron chi connectivity index (χ3n) is 4.20. The molecule has 5 heteroatoms. The van der Waals surface area contributed by atoms with Crippen LogP contribution >= 0.6 is 23.2 Å². The van der Waals surface area contributed by atoms with Gasteiger partial charge in [0.25, 0.3) is 0 Å². The molecule has 3 rings (SSSR count). The average Bonchev–Trinajstić information content (AvgIpc) is 3.04. The van der Waals surface area contributed by atoms with E-state index in [4.69, 9.17) is 28.2 Å². The number of imidazole rings is 1. The molecular weight excluding hydrogens is 305 g/mol. The number of hydrogen-bond acceptors (Lipinski definition) is 2. The molecule has 21 heavy (non-hydrogen) atoms. The van der Waals surface area contributed by atoms with Gasteiger partial charge in [-0.3, -0.25) is 0 Å². The van der Waals surface area contributed by atoms with Gasteiger partial charge in [0.15, 0.2) is 0 Å². The lowest BCUT2D eigenvalue weighted by Crippen LogP contribution is -2.28. The zero-order chi connectivity index (χ0) is 15.0. The second-order valence-electron chi connectivity index (χ2n) is 5.95. The van der Waals surface area contributed by atoms with Crippen molar-refractivity contribution in [2.75, 3.05) is 19.6 Å².